The Morgan fingerprint density at radius 1 is 1.03 bits per heavy atom. The summed E-state index contributed by atoms with van der Waals surface area (Å²) in [6.45, 7) is 0.292. The third-order valence-electron chi connectivity index (χ3n) is 4.98. The summed E-state index contributed by atoms with van der Waals surface area (Å²) in [7, 11) is 0. The summed E-state index contributed by atoms with van der Waals surface area (Å²) in [6.07, 6.45) is -2.04. The second-order valence-corrected chi connectivity index (χ2v) is 7.31. The van der Waals surface area contributed by atoms with Crippen LogP contribution in [0.5, 0.6) is 0 Å². The minimum absolute atomic E-state index is 0.0724. The Morgan fingerprint density at radius 2 is 1.73 bits per heavy atom. The first kappa shape index (κ1) is 20.1. The zero-order chi connectivity index (χ0) is 21.1. The van der Waals surface area contributed by atoms with Crippen molar-refractivity contribution in [3.63, 3.8) is 0 Å². The lowest BCUT2D eigenvalue weighted by Crippen LogP contribution is -2.32. The predicted octanol–water partition coefficient (Wildman–Crippen LogP) is 4.88. The standard InChI is InChI=1S/C22H20F3N3O2/c23-22(24,25)17-8-6-15(7-9-17)14-28(18-10-11-18)20(29)13-12-19-26-27-21(30-19)16-4-2-1-3-5-16/h1-9,18H,10-14H2. The van der Waals surface area contributed by atoms with Gasteiger partial charge in [0.05, 0.1) is 5.56 Å². The number of amides is 1. The van der Waals surface area contributed by atoms with Gasteiger partial charge in [0.25, 0.3) is 0 Å². The molecule has 2 aromatic carbocycles. The quantitative estimate of drug-likeness (QED) is 0.552. The summed E-state index contributed by atoms with van der Waals surface area (Å²) in [4.78, 5) is 14.5. The van der Waals surface area contributed by atoms with E-state index in [1.54, 1.807) is 4.90 Å². The third-order valence-corrected chi connectivity index (χ3v) is 4.98. The Hall–Kier alpha value is -3.16. The van der Waals surface area contributed by atoms with Crippen molar-refractivity contribution in [1.82, 2.24) is 15.1 Å². The number of rotatable bonds is 7. The van der Waals surface area contributed by atoms with Gasteiger partial charge >= 0.3 is 6.18 Å². The highest BCUT2D eigenvalue weighted by Gasteiger charge is 2.33. The average Bonchev–Trinajstić information content (AvgIpc) is 3.47. The van der Waals surface area contributed by atoms with E-state index >= 15 is 0 Å². The van der Waals surface area contributed by atoms with Crippen molar-refractivity contribution < 1.29 is 22.4 Å². The molecule has 1 aliphatic carbocycles. The molecule has 0 radical (unpaired) electrons. The molecule has 1 aliphatic rings. The molecule has 0 spiro atoms. The summed E-state index contributed by atoms with van der Waals surface area (Å²) in [5.41, 5.74) is 0.790. The van der Waals surface area contributed by atoms with Crippen molar-refractivity contribution in [2.24, 2.45) is 0 Å². The second kappa shape index (κ2) is 8.30. The first-order valence-electron chi connectivity index (χ1n) is 9.73. The van der Waals surface area contributed by atoms with Crippen molar-refractivity contribution in [2.45, 2.75) is 44.4 Å². The van der Waals surface area contributed by atoms with Gasteiger partial charge in [-0.25, -0.2) is 0 Å². The maximum atomic E-state index is 12.8. The number of benzene rings is 2. The van der Waals surface area contributed by atoms with Crippen molar-refractivity contribution in [1.29, 1.82) is 0 Å². The van der Waals surface area contributed by atoms with Crippen LogP contribution in [0.2, 0.25) is 0 Å². The maximum Gasteiger partial charge on any atom is 0.416 e. The number of hydrogen-bond donors (Lipinski definition) is 0. The van der Waals surface area contributed by atoms with Gasteiger partial charge in [0.15, 0.2) is 0 Å². The van der Waals surface area contributed by atoms with Crippen LogP contribution in [-0.2, 0) is 23.9 Å². The van der Waals surface area contributed by atoms with E-state index in [2.05, 4.69) is 10.2 Å². The van der Waals surface area contributed by atoms with Crippen LogP contribution >= 0.6 is 0 Å². The van der Waals surface area contributed by atoms with Crippen molar-refractivity contribution in [3.8, 4) is 11.5 Å². The fourth-order valence-electron chi connectivity index (χ4n) is 3.21. The normalized spacial score (nSPS) is 14.0. The van der Waals surface area contributed by atoms with E-state index in [0.29, 0.717) is 30.3 Å². The maximum absolute atomic E-state index is 12.8. The van der Waals surface area contributed by atoms with Crippen LogP contribution in [0, 0.1) is 0 Å². The van der Waals surface area contributed by atoms with Gasteiger partial charge in [0, 0.05) is 31.0 Å². The first-order chi connectivity index (χ1) is 14.4. The van der Waals surface area contributed by atoms with Gasteiger partial charge in [-0.1, -0.05) is 30.3 Å². The number of carbonyl (C=O) groups excluding carboxylic acids is 1. The molecule has 0 bridgehead atoms. The summed E-state index contributed by atoms with van der Waals surface area (Å²) >= 11 is 0. The van der Waals surface area contributed by atoms with Gasteiger partial charge in [-0.3, -0.25) is 4.79 Å². The molecule has 4 rings (SSSR count). The van der Waals surface area contributed by atoms with Crippen LogP contribution in [0.3, 0.4) is 0 Å². The molecule has 156 valence electrons. The molecule has 1 aromatic heterocycles. The number of hydrogen-bond acceptors (Lipinski definition) is 4. The van der Waals surface area contributed by atoms with Crippen molar-refractivity contribution in [2.75, 3.05) is 0 Å². The van der Waals surface area contributed by atoms with Gasteiger partial charge in [-0.15, -0.1) is 10.2 Å². The molecule has 3 aromatic rings. The van der Waals surface area contributed by atoms with E-state index in [-0.39, 0.29) is 18.4 Å². The van der Waals surface area contributed by atoms with E-state index < -0.39 is 11.7 Å². The molecule has 1 fully saturated rings. The van der Waals surface area contributed by atoms with Crippen LogP contribution in [0.1, 0.15) is 36.3 Å². The lowest BCUT2D eigenvalue weighted by atomic mass is 10.1. The molecule has 0 aliphatic heterocycles. The Morgan fingerprint density at radius 3 is 2.37 bits per heavy atom. The van der Waals surface area contributed by atoms with Gasteiger partial charge < -0.3 is 9.32 Å². The van der Waals surface area contributed by atoms with Crippen LogP contribution in [0.15, 0.2) is 59.0 Å². The largest absolute Gasteiger partial charge is 0.421 e. The minimum Gasteiger partial charge on any atom is -0.421 e. The lowest BCUT2D eigenvalue weighted by Gasteiger charge is -2.22. The molecule has 0 N–H and O–H groups in total. The molecule has 1 heterocycles. The monoisotopic (exact) mass is 415 g/mol. The zero-order valence-corrected chi connectivity index (χ0v) is 16.1. The van der Waals surface area contributed by atoms with Gasteiger partial charge in [0.1, 0.15) is 0 Å². The number of nitrogens with zero attached hydrogens (tertiary/aromatic N) is 3. The Kier molecular flexibility index (Phi) is 5.57. The molecular formula is C22H20F3N3O2. The molecule has 0 saturated heterocycles. The van der Waals surface area contributed by atoms with Crippen molar-refractivity contribution in [3.05, 3.63) is 71.6 Å². The SMILES string of the molecule is O=C(CCc1nnc(-c2ccccc2)o1)N(Cc1ccc(C(F)(F)F)cc1)C1CC1. The number of aromatic nitrogens is 2. The predicted molar refractivity (Wildman–Crippen MR) is 103 cm³/mol. The first-order valence-corrected chi connectivity index (χ1v) is 9.73. The Labute approximate surface area is 171 Å². The fourth-order valence-corrected chi connectivity index (χ4v) is 3.21. The highest BCUT2D eigenvalue weighted by Crippen LogP contribution is 2.31. The van der Waals surface area contributed by atoms with Crippen LogP contribution in [0.25, 0.3) is 11.5 Å². The topological polar surface area (TPSA) is 59.2 Å². The third kappa shape index (κ3) is 4.87. The summed E-state index contributed by atoms with van der Waals surface area (Å²) in [6, 6.07) is 14.5. The minimum atomic E-state index is -4.37. The molecule has 1 saturated carbocycles. The average molecular weight is 415 g/mol. The lowest BCUT2D eigenvalue weighted by molar-refractivity contribution is -0.137. The molecule has 8 heteroatoms. The van der Waals surface area contributed by atoms with E-state index in [1.165, 1.54) is 12.1 Å². The van der Waals surface area contributed by atoms with Gasteiger partial charge in [0.2, 0.25) is 17.7 Å². The zero-order valence-electron chi connectivity index (χ0n) is 16.1. The number of aryl methyl sites for hydroxylation is 1. The number of alkyl halides is 3. The molecule has 0 unspecified atom stereocenters. The summed E-state index contributed by atoms with van der Waals surface area (Å²) < 4.78 is 43.8. The highest BCUT2D eigenvalue weighted by atomic mass is 19.4. The van der Waals surface area contributed by atoms with Gasteiger partial charge in [-0.05, 0) is 42.7 Å². The second-order valence-electron chi connectivity index (χ2n) is 7.31. The molecular weight excluding hydrogens is 395 g/mol. The summed E-state index contributed by atoms with van der Waals surface area (Å²) in [5, 5.41) is 8.03. The molecule has 1 amide bonds. The van der Waals surface area contributed by atoms with Crippen LogP contribution < -0.4 is 0 Å². The van der Waals surface area contributed by atoms with E-state index in [1.807, 2.05) is 30.3 Å². The number of halogens is 3. The highest BCUT2D eigenvalue weighted by molar-refractivity contribution is 5.77. The van der Waals surface area contributed by atoms with E-state index in [9.17, 15) is 18.0 Å². The molecule has 5 nitrogen and oxygen atoms in total. The molecule has 30 heavy (non-hydrogen) atoms. The van der Waals surface area contributed by atoms with Crippen molar-refractivity contribution >= 4 is 5.91 Å². The van der Waals surface area contributed by atoms with Crippen LogP contribution in [0.4, 0.5) is 13.2 Å². The van der Waals surface area contributed by atoms with E-state index in [0.717, 1.165) is 30.5 Å². The van der Waals surface area contributed by atoms with Gasteiger partial charge in [-0.2, -0.15) is 13.2 Å². The smallest absolute Gasteiger partial charge is 0.416 e. The molecule has 0 atom stereocenters. The van der Waals surface area contributed by atoms with E-state index in [4.69, 9.17) is 4.42 Å². The number of carbonyl (C=O) groups is 1. The Balaban J connectivity index is 1.37. The Bertz CT molecular complexity index is 996. The summed E-state index contributed by atoms with van der Waals surface area (Å²) in [5.74, 6) is 0.714. The van der Waals surface area contributed by atoms with Crippen LogP contribution in [-0.4, -0.2) is 27.0 Å². The fraction of sp³-hybridized carbons (Fsp3) is 0.318.